The Morgan fingerprint density at radius 3 is 2.74 bits per heavy atom. The number of benzene rings is 1. The van der Waals surface area contributed by atoms with E-state index in [2.05, 4.69) is 19.9 Å². The van der Waals surface area contributed by atoms with Gasteiger partial charge in [0, 0.05) is 31.6 Å². The van der Waals surface area contributed by atoms with Crippen LogP contribution >= 0.6 is 11.3 Å². The summed E-state index contributed by atoms with van der Waals surface area (Å²) in [6.07, 6.45) is 0. The number of methoxy groups -OCH3 is 1. The number of ether oxygens (including phenoxy) is 2. The third-order valence-electron chi connectivity index (χ3n) is 3.59. The lowest BCUT2D eigenvalue weighted by Crippen LogP contribution is -2.43. The van der Waals surface area contributed by atoms with Crippen LogP contribution in [0.15, 0.2) is 29.6 Å². The van der Waals surface area contributed by atoms with Crippen LogP contribution in [0.1, 0.15) is 16.1 Å². The molecule has 0 atom stereocenters. The Hall–Kier alpha value is -2.12. The Kier molecular flexibility index (Phi) is 5.09. The maximum atomic E-state index is 11.4. The topological polar surface area (TPSA) is 63.7 Å². The van der Waals surface area contributed by atoms with Crippen molar-refractivity contribution in [2.24, 2.45) is 0 Å². The lowest BCUT2D eigenvalue weighted by molar-refractivity contribution is 0.0600. The van der Waals surface area contributed by atoms with Crippen LogP contribution in [0.25, 0.3) is 0 Å². The van der Waals surface area contributed by atoms with E-state index in [9.17, 15) is 4.79 Å². The second-order valence-corrected chi connectivity index (χ2v) is 6.00. The second-order valence-electron chi connectivity index (χ2n) is 5.16. The highest BCUT2D eigenvalue weighted by Crippen LogP contribution is 2.22. The molecule has 0 aliphatic carbocycles. The maximum Gasteiger partial charge on any atom is 0.337 e. The number of hydrogen-bond acceptors (Lipinski definition) is 7. The average Bonchev–Trinajstić information content (AvgIpc) is 3.09. The summed E-state index contributed by atoms with van der Waals surface area (Å²) in [7, 11) is 1.37. The number of anilines is 1. The van der Waals surface area contributed by atoms with Gasteiger partial charge in [0.25, 0.3) is 0 Å². The number of piperazine rings is 1. The maximum absolute atomic E-state index is 11.4. The van der Waals surface area contributed by atoms with Crippen molar-refractivity contribution in [3.05, 3.63) is 40.9 Å². The van der Waals surface area contributed by atoms with Gasteiger partial charge in [-0.3, -0.25) is 0 Å². The van der Waals surface area contributed by atoms with Crippen LogP contribution in [0.3, 0.4) is 0 Å². The molecule has 2 heterocycles. The number of nitrogens with zero attached hydrogens (tertiary/aromatic N) is 2. The van der Waals surface area contributed by atoms with Crippen LogP contribution in [0.5, 0.6) is 5.75 Å². The molecule has 2 aromatic rings. The van der Waals surface area contributed by atoms with E-state index in [1.807, 2.05) is 5.38 Å². The van der Waals surface area contributed by atoms with Crippen LogP contribution in [-0.4, -0.2) is 44.2 Å². The fourth-order valence-corrected chi connectivity index (χ4v) is 3.19. The molecule has 0 bridgehead atoms. The zero-order valence-corrected chi connectivity index (χ0v) is 13.8. The standard InChI is InChI=1S/C16H19N3O3S/c1-21-15(20)12-2-4-14(5-3-12)22-10-13-11-23-16(18-13)19-8-6-17-7-9-19/h2-5,11,17H,6-10H2,1H3. The molecule has 6 nitrogen and oxygen atoms in total. The van der Waals surface area contributed by atoms with Gasteiger partial charge >= 0.3 is 5.97 Å². The number of carbonyl (C=O) groups is 1. The highest BCUT2D eigenvalue weighted by molar-refractivity contribution is 7.13. The normalized spacial score (nSPS) is 14.6. The van der Waals surface area contributed by atoms with E-state index in [1.165, 1.54) is 7.11 Å². The Morgan fingerprint density at radius 2 is 2.04 bits per heavy atom. The molecule has 0 amide bonds. The summed E-state index contributed by atoms with van der Waals surface area (Å²) in [6, 6.07) is 6.90. The van der Waals surface area contributed by atoms with Crippen LogP contribution in [0.4, 0.5) is 5.13 Å². The minimum Gasteiger partial charge on any atom is -0.487 e. The third kappa shape index (κ3) is 4.00. The molecule has 3 rings (SSSR count). The highest BCUT2D eigenvalue weighted by Gasteiger charge is 2.14. The molecular formula is C16H19N3O3S. The SMILES string of the molecule is COC(=O)c1ccc(OCc2csc(N3CCNCC3)n2)cc1. The third-order valence-corrected chi connectivity index (χ3v) is 4.54. The minimum atomic E-state index is -0.350. The number of carbonyl (C=O) groups excluding carboxylic acids is 1. The first-order valence-corrected chi connectivity index (χ1v) is 8.35. The molecule has 1 aliphatic rings. The number of esters is 1. The van der Waals surface area contributed by atoms with Crippen LogP contribution in [0, 0.1) is 0 Å². The number of nitrogens with one attached hydrogen (secondary N) is 1. The molecule has 1 aromatic carbocycles. The van der Waals surface area contributed by atoms with Gasteiger partial charge in [0.2, 0.25) is 0 Å². The zero-order chi connectivity index (χ0) is 16.1. The largest absolute Gasteiger partial charge is 0.487 e. The van der Waals surface area contributed by atoms with E-state index in [4.69, 9.17) is 4.74 Å². The van der Waals surface area contributed by atoms with Crippen molar-refractivity contribution in [3.8, 4) is 5.75 Å². The van der Waals surface area contributed by atoms with Crippen molar-refractivity contribution in [2.45, 2.75) is 6.61 Å². The van der Waals surface area contributed by atoms with Gasteiger partial charge in [-0.25, -0.2) is 9.78 Å². The first-order chi connectivity index (χ1) is 11.3. The van der Waals surface area contributed by atoms with E-state index >= 15 is 0 Å². The van der Waals surface area contributed by atoms with Crippen molar-refractivity contribution in [1.82, 2.24) is 10.3 Å². The molecule has 0 spiro atoms. The molecule has 1 saturated heterocycles. The first-order valence-electron chi connectivity index (χ1n) is 7.47. The number of rotatable bonds is 5. The summed E-state index contributed by atoms with van der Waals surface area (Å²) in [5.41, 5.74) is 1.43. The Labute approximate surface area is 139 Å². The monoisotopic (exact) mass is 333 g/mol. The zero-order valence-electron chi connectivity index (χ0n) is 12.9. The van der Waals surface area contributed by atoms with Gasteiger partial charge in [0.05, 0.1) is 18.4 Å². The van der Waals surface area contributed by atoms with Crippen LogP contribution in [-0.2, 0) is 11.3 Å². The molecule has 7 heteroatoms. The summed E-state index contributed by atoms with van der Waals surface area (Å²) in [5, 5.41) is 6.41. The molecule has 0 radical (unpaired) electrons. The fraction of sp³-hybridized carbons (Fsp3) is 0.375. The minimum absolute atomic E-state index is 0.350. The summed E-state index contributed by atoms with van der Waals surface area (Å²) >= 11 is 1.65. The lowest BCUT2D eigenvalue weighted by atomic mass is 10.2. The van der Waals surface area contributed by atoms with Crippen molar-refractivity contribution in [3.63, 3.8) is 0 Å². The van der Waals surface area contributed by atoms with Gasteiger partial charge in [-0.05, 0) is 24.3 Å². The summed E-state index contributed by atoms with van der Waals surface area (Å²) in [5.74, 6) is 0.353. The van der Waals surface area contributed by atoms with Crippen LogP contribution < -0.4 is 15.0 Å². The summed E-state index contributed by atoms with van der Waals surface area (Å²) in [4.78, 5) is 18.3. The molecule has 0 unspecified atom stereocenters. The molecule has 23 heavy (non-hydrogen) atoms. The van der Waals surface area contributed by atoms with Crippen molar-refractivity contribution in [1.29, 1.82) is 0 Å². The molecule has 1 fully saturated rings. The quantitative estimate of drug-likeness (QED) is 0.844. The Bertz CT molecular complexity index is 651. The second kappa shape index (κ2) is 7.43. The smallest absolute Gasteiger partial charge is 0.337 e. The average molecular weight is 333 g/mol. The number of aromatic nitrogens is 1. The summed E-state index contributed by atoms with van der Waals surface area (Å²) < 4.78 is 10.4. The van der Waals surface area contributed by atoms with E-state index in [-0.39, 0.29) is 5.97 Å². The van der Waals surface area contributed by atoms with E-state index in [0.717, 1.165) is 37.0 Å². The van der Waals surface area contributed by atoms with E-state index in [0.29, 0.717) is 17.9 Å². The van der Waals surface area contributed by atoms with Gasteiger partial charge in [0.15, 0.2) is 5.13 Å². The van der Waals surface area contributed by atoms with Crippen LogP contribution in [0.2, 0.25) is 0 Å². The van der Waals surface area contributed by atoms with Gasteiger partial charge in [-0.2, -0.15) is 0 Å². The molecule has 1 N–H and O–H groups in total. The van der Waals surface area contributed by atoms with Gasteiger partial charge in [-0.1, -0.05) is 0 Å². The van der Waals surface area contributed by atoms with Crippen molar-refractivity contribution < 1.29 is 14.3 Å². The first kappa shape index (κ1) is 15.8. The molecular weight excluding hydrogens is 314 g/mol. The van der Waals surface area contributed by atoms with Gasteiger partial charge in [-0.15, -0.1) is 11.3 Å². The molecule has 122 valence electrons. The van der Waals surface area contributed by atoms with Gasteiger partial charge in [0.1, 0.15) is 12.4 Å². The van der Waals surface area contributed by atoms with Crippen molar-refractivity contribution in [2.75, 3.05) is 38.2 Å². The predicted molar refractivity (Wildman–Crippen MR) is 89.3 cm³/mol. The lowest BCUT2D eigenvalue weighted by Gasteiger charge is -2.26. The Balaban J connectivity index is 1.56. The summed E-state index contributed by atoms with van der Waals surface area (Å²) in [6.45, 7) is 4.39. The van der Waals surface area contributed by atoms with E-state index < -0.39 is 0 Å². The number of thiazole rings is 1. The molecule has 1 aromatic heterocycles. The molecule has 0 saturated carbocycles. The fourth-order valence-electron chi connectivity index (χ4n) is 2.33. The highest BCUT2D eigenvalue weighted by atomic mass is 32.1. The number of hydrogen-bond donors (Lipinski definition) is 1. The van der Waals surface area contributed by atoms with E-state index in [1.54, 1.807) is 35.6 Å². The van der Waals surface area contributed by atoms with Crippen molar-refractivity contribution >= 4 is 22.4 Å². The Morgan fingerprint density at radius 1 is 1.30 bits per heavy atom. The molecule has 1 aliphatic heterocycles. The van der Waals surface area contributed by atoms with Gasteiger partial charge < -0.3 is 19.7 Å². The predicted octanol–water partition coefficient (Wildman–Crippen LogP) is 1.92.